The van der Waals surface area contributed by atoms with Crippen LogP contribution >= 0.6 is 0 Å². The van der Waals surface area contributed by atoms with Gasteiger partial charge in [-0.2, -0.15) is 0 Å². The lowest BCUT2D eigenvalue weighted by atomic mass is 10.0. The van der Waals surface area contributed by atoms with Crippen LogP contribution in [0.25, 0.3) is 0 Å². The largest absolute Gasteiger partial charge is 0.388 e. The predicted octanol–water partition coefficient (Wildman–Crippen LogP) is 1.86. The number of carbonyl (C=O) groups is 2. The molecule has 1 aromatic rings. The summed E-state index contributed by atoms with van der Waals surface area (Å²) in [5.41, 5.74) is 0.409. The minimum atomic E-state index is -1.01. The second-order valence-corrected chi connectivity index (χ2v) is 6.60. The highest BCUT2D eigenvalue weighted by atomic mass is 19.1. The van der Waals surface area contributed by atoms with E-state index < -0.39 is 11.9 Å². The first kappa shape index (κ1) is 16.9. The lowest BCUT2D eigenvalue weighted by molar-refractivity contribution is -0.139. The summed E-state index contributed by atoms with van der Waals surface area (Å²) in [5.74, 6) is -0.401. The summed E-state index contributed by atoms with van der Waals surface area (Å²) in [5, 5.41) is 10.2. The van der Waals surface area contributed by atoms with E-state index >= 15 is 0 Å². The number of likely N-dealkylation sites (tertiary alicyclic amines) is 2. The normalized spacial score (nSPS) is 22.8. The highest BCUT2D eigenvalue weighted by Crippen LogP contribution is 2.24. The van der Waals surface area contributed by atoms with Crippen molar-refractivity contribution in [1.82, 2.24) is 9.80 Å². The van der Waals surface area contributed by atoms with Crippen LogP contribution in [-0.4, -0.2) is 52.4 Å². The number of benzene rings is 1. The average molecular weight is 334 g/mol. The Morgan fingerprint density at radius 3 is 2.88 bits per heavy atom. The summed E-state index contributed by atoms with van der Waals surface area (Å²) in [7, 11) is 0. The van der Waals surface area contributed by atoms with Crippen molar-refractivity contribution < 1.29 is 19.1 Å². The first-order valence-corrected chi connectivity index (χ1v) is 8.55. The number of piperidine rings is 1. The molecule has 0 bridgehead atoms. The van der Waals surface area contributed by atoms with E-state index in [9.17, 15) is 19.1 Å². The van der Waals surface area contributed by atoms with E-state index in [1.165, 1.54) is 18.2 Å². The fourth-order valence-electron chi connectivity index (χ4n) is 3.62. The number of aliphatic hydroxyl groups excluding tert-OH is 1. The summed E-state index contributed by atoms with van der Waals surface area (Å²) in [6, 6.07) is 5.78. The van der Waals surface area contributed by atoms with Crippen LogP contribution in [0.15, 0.2) is 24.3 Å². The van der Waals surface area contributed by atoms with Crippen molar-refractivity contribution in [3.63, 3.8) is 0 Å². The van der Waals surface area contributed by atoms with Crippen LogP contribution in [0, 0.1) is 5.82 Å². The van der Waals surface area contributed by atoms with Gasteiger partial charge >= 0.3 is 0 Å². The third kappa shape index (κ3) is 3.75. The molecule has 2 saturated heterocycles. The monoisotopic (exact) mass is 334 g/mol. The minimum absolute atomic E-state index is 0.0654. The molecule has 0 radical (unpaired) electrons. The van der Waals surface area contributed by atoms with E-state index in [1.54, 1.807) is 11.0 Å². The number of nitrogens with zero attached hydrogens (tertiary/aromatic N) is 2. The Morgan fingerprint density at radius 2 is 2.17 bits per heavy atom. The molecule has 3 rings (SSSR count). The Balaban J connectivity index is 1.59. The predicted molar refractivity (Wildman–Crippen MR) is 86.5 cm³/mol. The third-order valence-electron chi connectivity index (χ3n) is 4.90. The number of hydrogen-bond acceptors (Lipinski definition) is 3. The molecule has 2 atom stereocenters. The molecule has 1 aromatic carbocycles. The summed E-state index contributed by atoms with van der Waals surface area (Å²) in [4.78, 5) is 28.0. The molecule has 2 unspecified atom stereocenters. The number of carbonyl (C=O) groups excluding carboxylic acids is 2. The summed E-state index contributed by atoms with van der Waals surface area (Å²) >= 11 is 0. The van der Waals surface area contributed by atoms with Gasteiger partial charge in [-0.15, -0.1) is 0 Å². The van der Waals surface area contributed by atoms with Gasteiger partial charge in [0.2, 0.25) is 11.8 Å². The van der Waals surface area contributed by atoms with Gasteiger partial charge in [0.15, 0.2) is 0 Å². The molecular formula is C18H23FN2O3. The van der Waals surface area contributed by atoms with Gasteiger partial charge in [0.1, 0.15) is 5.82 Å². The lowest BCUT2D eigenvalue weighted by Gasteiger charge is -2.38. The highest BCUT2D eigenvalue weighted by molar-refractivity contribution is 5.79. The zero-order valence-corrected chi connectivity index (χ0v) is 13.7. The fraction of sp³-hybridized carbons (Fsp3) is 0.556. The van der Waals surface area contributed by atoms with Crippen LogP contribution < -0.4 is 0 Å². The molecule has 2 aliphatic rings. The third-order valence-corrected chi connectivity index (χ3v) is 4.90. The van der Waals surface area contributed by atoms with Crippen molar-refractivity contribution in [2.75, 3.05) is 19.6 Å². The molecule has 0 aromatic heterocycles. The molecule has 0 aliphatic carbocycles. The SMILES string of the molecule is O=C(CC(O)c1cccc(F)c1)N1CCCC(N2CCCC2=O)C1. The van der Waals surface area contributed by atoms with Gasteiger partial charge in [0.25, 0.3) is 0 Å². The van der Waals surface area contributed by atoms with E-state index in [4.69, 9.17) is 0 Å². The van der Waals surface area contributed by atoms with Crippen molar-refractivity contribution in [2.45, 2.75) is 44.2 Å². The topological polar surface area (TPSA) is 60.9 Å². The van der Waals surface area contributed by atoms with Crippen LogP contribution in [0.4, 0.5) is 4.39 Å². The lowest BCUT2D eigenvalue weighted by Crippen LogP contribution is -2.50. The maximum Gasteiger partial charge on any atom is 0.225 e. The van der Waals surface area contributed by atoms with Crippen molar-refractivity contribution >= 4 is 11.8 Å². The Kier molecular flexibility index (Phi) is 5.14. The number of rotatable bonds is 4. The van der Waals surface area contributed by atoms with E-state index in [0.29, 0.717) is 25.1 Å². The van der Waals surface area contributed by atoms with Crippen molar-refractivity contribution in [2.24, 2.45) is 0 Å². The molecule has 2 heterocycles. The van der Waals surface area contributed by atoms with Gasteiger partial charge in [0, 0.05) is 32.1 Å². The van der Waals surface area contributed by atoms with E-state index in [0.717, 1.165) is 25.8 Å². The maximum absolute atomic E-state index is 13.2. The van der Waals surface area contributed by atoms with Gasteiger partial charge in [-0.25, -0.2) is 4.39 Å². The first-order valence-electron chi connectivity index (χ1n) is 8.55. The standard InChI is InChI=1S/C18H23FN2O3/c19-14-5-1-4-13(10-14)16(22)11-18(24)20-8-2-6-15(12-20)21-9-3-7-17(21)23/h1,4-5,10,15-16,22H,2-3,6-9,11-12H2. The number of halogens is 1. The van der Waals surface area contributed by atoms with E-state index in [2.05, 4.69) is 0 Å². The Bertz CT molecular complexity index is 622. The fourth-order valence-corrected chi connectivity index (χ4v) is 3.62. The number of aliphatic hydroxyl groups is 1. The van der Waals surface area contributed by atoms with Gasteiger partial charge in [-0.1, -0.05) is 12.1 Å². The molecule has 6 heteroatoms. The Labute approximate surface area is 141 Å². The first-order chi connectivity index (χ1) is 11.5. The Hall–Kier alpha value is -1.95. The molecule has 0 saturated carbocycles. The van der Waals surface area contributed by atoms with Crippen molar-refractivity contribution in [1.29, 1.82) is 0 Å². The molecule has 2 fully saturated rings. The molecule has 0 spiro atoms. The number of amides is 2. The summed E-state index contributed by atoms with van der Waals surface area (Å²) in [6.07, 6.45) is 2.19. The summed E-state index contributed by atoms with van der Waals surface area (Å²) < 4.78 is 13.2. The molecule has 2 aliphatic heterocycles. The molecule has 24 heavy (non-hydrogen) atoms. The molecule has 1 N–H and O–H groups in total. The minimum Gasteiger partial charge on any atom is -0.388 e. The van der Waals surface area contributed by atoms with Crippen LogP contribution in [0.1, 0.15) is 43.8 Å². The smallest absolute Gasteiger partial charge is 0.225 e. The zero-order valence-electron chi connectivity index (χ0n) is 13.7. The molecule has 130 valence electrons. The number of hydrogen-bond donors (Lipinski definition) is 1. The van der Waals surface area contributed by atoms with Crippen LogP contribution in [0.5, 0.6) is 0 Å². The van der Waals surface area contributed by atoms with Crippen LogP contribution in [-0.2, 0) is 9.59 Å². The maximum atomic E-state index is 13.2. The highest BCUT2D eigenvalue weighted by Gasteiger charge is 2.33. The van der Waals surface area contributed by atoms with Gasteiger partial charge in [0.05, 0.1) is 12.5 Å². The van der Waals surface area contributed by atoms with E-state index in [-0.39, 0.29) is 24.3 Å². The van der Waals surface area contributed by atoms with Crippen molar-refractivity contribution in [3.8, 4) is 0 Å². The van der Waals surface area contributed by atoms with Crippen LogP contribution in [0.2, 0.25) is 0 Å². The zero-order chi connectivity index (χ0) is 17.1. The Morgan fingerprint density at radius 1 is 1.33 bits per heavy atom. The second-order valence-electron chi connectivity index (χ2n) is 6.60. The van der Waals surface area contributed by atoms with Crippen molar-refractivity contribution in [3.05, 3.63) is 35.6 Å². The summed E-state index contributed by atoms with van der Waals surface area (Å²) in [6.45, 7) is 1.95. The van der Waals surface area contributed by atoms with Crippen LogP contribution in [0.3, 0.4) is 0 Å². The molecular weight excluding hydrogens is 311 g/mol. The molecule has 2 amide bonds. The average Bonchev–Trinajstić information content (AvgIpc) is 3.01. The second kappa shape index (κ2) is 7.30. The van der Waals surface area contributed by atoms with Gasteiger partial charge in [-0.05, 0) is 37.0 Å². The van der Waals surface area contributed by atoms with Gasteiger partial charge in [-0.3, -0.25) is 9.59 Å². The quantitative estimate of drug-likeness (QED) is 0.914. The van der Waals surface area contributed by atoms with E-state index in [1.807, 2.05) is 4.90 Å². The van der Waals surface area contributed by atoms with Gasteiger partial charge < -0.3 is 14.9 Å². The molecule has 5 nitrogen and oxygen atoms in total.